The summed E-state index contributed by atoms with van der Waals surface area (Å²) in [6, 6.07) is -4.71. The maximum absolute atomic E-state index is 12.6. The summed E-state index contributed by atoms with van der Waals surface area (Å²) in [5, 5.41) is 25.2. The summed E-state index contributed by atoms with van der Waals surface area (Å²) in [7, 11) is 0. The molecule has 0 aliphatic heterocycles. The van der Waals surface area contributed by atoms with Crippen molar-refractivity contribution in [3.63, 3.8) is 0 Å². The molecule has 0 bridgehead atoms. The number of aromatic amines is 1. The molecule has 13 nitrogen and oxygen atoms in total. The molecule has 1 aromatic heterocycles. The van der Waals surface area contributed by atoms with Crippen molar-refractivity contribution in [3.8, 4) is 0 Å². The van der Waals surface area contributed by atoms with Crippen LogP contribution in [-0.2, 0) is 30.4 Å². The molecule has 3 amide bonds. The molecule has 4 atom stereocenters. The Kier molecular flexibility index (Phi) is 10.5. The van der Waals surface area contributed by atoms with Crippen LogP contribution in [0.15, 0.2) is 12.5 Å². The Morgan fingerprint density at radius 3 is 2.26 bits per heavy atom. The summed E-state index contributed by atoms with van der Waals surface area (Å²) in [4.78, 5) is 65.7. The number of hydrogen-bond donors (Lipinski definition) is 8. The maximum Gasteiger partial charge on any atom is 0.326 e. The third-order valence-electron chi connectivity index (χ3n) is 4.16. The van der Waals surface area contributed by atoms with Crippen LogP contribution in [0.2, 0.25) is 0 Å². The van der Waals surface area contributed by atoms with Crippen LogP contribution in [0.3, 0.4) is 0 Å². The zero-order chi connectivity index (χ0) is 23.6. The first-order chi connectivity index (χ1) is 14.5. The molecule has 31 heavy (non-hydrogen) atoms. The van der Waals surface area contributed by atoms with Crippen LogP contribution in [0.5, 0.6) is 0 Å². The Balaban J connectivity index is 2.84. The summed E-state index contributed by atoms with van der Waals surface area (Å²) in [5.41, 5.74) is 5.98. The van der Waals surface area contributed by atoms with Crippen LogP contribution >= 0.6 is 12.6 Å². The first-order valence-electron chi connectivity index (χ1n) is 9.24. The molecule has 8 N–H and O–H groups in total. The molecular weight excluding hydrogens is 432 g/mol. The number of aromatic nitrogens is 2. The quantitative estimate of drug-likeness (QED) is 0.148. The second kappa shape index (κ2) is 12.5. The van der Waals surface area contributed by atoms with Crippen LogP contribution in [0, 0.1) is 0 Å². The van der Waals surface area contributed by atoms with Gasteiger partial charge in [0.15, 0.2) is 0 Å². The highest BCUT2D eigenvalue weighted by molar-refractivity contribution is 7.80. The topological polar surface area (TPSA) is 217 Å². The van der Waals surface area contributed by atoms with Crippen LogP contribution in [0.1, 0.15) is 25.5 Å². The Bertz CT molecular complexity index is 788. The minimum atomic E-state index is -1.34. The Labute approximate surface area is 183 Å². The molecule has 0 saturated heterocycles. The van der Waals surface area contributed by atoms with Gasteiger partial charge >= 0.3 is 11.9 Å². The van der Waals surface area contributed by atoms with Crippen molar-refractivity contribution in [2.24, 2.45) is 5.73 Å². The first-order valence-corrected chi connectivity index (χ1v) is 9.87. The number of amides is 3. The number of aliphatic carboxylic acids is 2. The largest absolute Gasteiger partial charge is 0.481 e. The van der Waals surface area contributed by atoms with Gasteiger partial charge in [0.1, 0.15) is 18.1 Å². The molecule has 4 unspecified atom stereocenters. The lowest BCUT2D eigenvalue weighted by atomic mass is 10.1. The predicted molar refractivity (Wildman–Crippen MR) is 110 cm³/mol. The average Bonchev–Trinajstić information content (AvgIpc) is 3.22. The Hall–Kier alpha value is -3.13. The van der Waals surface area contributed by atoms with E-state index in [1.807, 2.05) is 0 Å². The van der Waals surface area contributed by atoms with Gasteiger partial charge in [0.2, 0.25) is 17.7 Å². The molecule has 0 aromatic carbocycles. The van der Waals surface area contributed by atoms with Crippen LogP contribution in [0.4, 0.5) is 0 Å². The van der Waals surface area contributed by atoms with Crippen molar-refractivity contribution >= 4 is 42.3 Å². The number of nitrogens with two attached hydrogens (primary N) is 1. The van der Waals surface area contributed by atoms with E-state index in [9.17, 15) is 29.1 Å². The highest BCUT2D eigenvalue weighted by Crippen LogP contribution is 2.04. The molecule has 172 valence electrons. The number of hydrogen-bond acceptors (Lipinski definition) is 8. The zero-order valence-electron chi connectivity index (χ0n) is 16.7. The summed E-state index contributed by atoms with van der Waals surface area (Å²) < 4.78 is 0. The van der Waals surface area contributed by atoms with Gasteiger partial charge < -0.3 is 36.9 Å². The average molecular weight is 458 g/mol. The van der Waals surface area contributed by atoms with Crippen molar-refractivity contribution in [3.05, 3.63) is 18.2 Å². The molecule has 0 aliphatic rings. The zero-order valence-corrected chi connectivity index (χ0v) is 17.6. The number of nitrogens with one attached hydrogen (secondary N) is 4. The molecule has 0 saturated carbocycles. The molecule has 1 aromatic rings. The smallest absolute Gasteiger partial charge is 0.326 e. The van der Waals surface area contributed by atoms with Crippen LogP contribution in [0.25, 0.3) is 0 Å². The molecule has 0 radical (unpaired) electrons. The van der Waals surface area contributed by atoms with Crippen molar-refractivity contribution in [2.75, 3.05) is 5.75 Å². The monoisotopic (exact) mass is 458 g/mol. The van der Waals surface area contributed by atoms with E-state index in [1.165, 1.54) is 19.4 Å². The number of rotatable bonds is 13. The number of carbonyl (C=O) groups excluding carboxylic acids is 3. The first kappa shape index (κ1) is 25.9. The van der Waals surface area contributed by atoms with Gasteiger partial charge in [-0.2, -0.15) is 12.6 Å². The second-order valence-electron chi connectivity index (χ2n) is 6.69. The third kappa shape index (κ3) is 9.04. The number of carbonyl (C=O) groups is 5. The minimum absolute atomic E-state index is 0.0523. The van der Waals surface area contributed by atoms with Gasteiger partial charge in [-0.3, -0.25) is 19.2 Å². The molecule has 1 heterocycles. The van der Waals surface area contributed by atoms with E-state index in [-0.39, 0.29) is 18.6 Å². The fourth-order valence-electron chi connectivity index (χ4n) is 2.39. The fourth-order valence-corrected chi connectivity index (χ4v) is 2.56. The summed E-state index contributed by atoms with van der Waals surface area (Å²) in [6.45, 7) is 1.35. The highest BCUT2D eigenvalue weighted by atomic mass is 32.1. The van der Waals surface area contributed by atoms with Crippen molar-refractivity contribution in [1.29, 1.82) is 0 Å². The van der Waals surface area contributed by atoms with Crippen LogP contribution in [-0.4, -0.2) is 79.8 Å². The van der Waals surface area contributed by atoms with Gasteiger partial charge in [0.25, 0.3) is 0 Å². The van der Waals surface area contributed by atoms with E-state index in [2.05, 4.69) is 38.5 Å². The summed E-state index contributed by atoms with van der Waals surface area (Å²) >= 11 is 3.89. The fraction of sp³-hybridized carbons (Fsp3) is 0.529. The van der Waals surface area contributed by atoms with Crippen molar-refractivity contribution < 1.29 is 34.2 Å². The molecular formula is C17H26N6O7S. The number of nitrogens with zero attached hydrogens (tertiary/aromatic N) is 1. The molecule has 0 fully saturated rings. The van der Waals surface area contributed by atoms with E-state index in [4.69, 9.17) is 10.8 Å². The van der Waals surface area contributed by atoms with Gasteiger partial charge in [0, 0.05) is 30.5 Å². The Morgan fingerprint density at radius 2 is 1.74 bits per heavy atom. The van der Waals surface area contributed by atoms with Gasteiger partial charge in [-0.25, -0.2) is 9.78 Å². The normalized spacial score (nSPS) is 14.5. The molecule has 0 aliphatic carbocycles. The van der Waals surface area contributed by atoms with Gasteiger partial charge in [-0.1, -0.05) is 0 Å². The van der Waals surface area contributed by atoms with E-state index in [0.29, 0.717) is 5.69 Å². The lowest BCUT2D eigenvalue weighted by Gasteiger charge is -2.23. The van der Waals surface area contributed by atoms with E-state index in [0.717, 1.165) is 0 Å². The van der Waals surface area contributed by atoms with Gasteiger partial charge in [-0.05, 0) is 13.3 Å². The van der Waals surface area contributed by atoms with Gasteiger partial charge in [0.05, 0.1) is 12.4 Å². The maximum atomic E-state index is 12.6. The number of imidazole rings is 1. The highest BCUT2D eigenvalue weighted by Gasteiger charge is 2.29. The van der Waals surface area contributed by atoms with E-state index < -0.39 is 60.2 Å². The Morgan fingerprint density at radius 1 is 1.10 bits per heavy atom. The number of carboxylic acid groups (broad SMARTS) is 2. The number of H-pyrrole nitrogens is 1. The van der Waals surface area contributed by atoms with E-state index >= 15 is 0 Å². The standard InChI is InChI=1S/C17H26N6O7S/c1-8(21-15(27)10(18)6-31)14(26)22-11(2-3-13(24)25)16(28)23-12(17(29)30)4-9-5-19-7-20-9/h5,7-8,10-12,31H,2-4,6,18H2,1H3,(H,19,20)(H,21,27)(H,22,26)(H,23,28)(H,24,25)(H,29,30). The van der Waals surface area contributed by atoms with Crippen LogP contribution < -0.4 is 21.7 Å². The minimum Gasteiger partial charge on any atom is -0.481 e. The molecule has 1 rings (SSSR count). The van der Waals surface area contributed by atoms with Gasteiger partial charge in [-0.15, -0.1) is 0 Å². The summed E-state index contributed by atoms with van der Waals surface area (Å²) in [6.07, 6.45) is 1.89. The lowest BCUT2D eigenvalue weighted by molar-refractivity contribution is -0.143. The summed E-state index contributed by atoms with van der Waals surface area (Å²) in [5.74, 6) is -4.77. The van der Waals surface area contributed by atoms with E-state index in [1.54, 1.807) is 0 Å². The SMILES string of the molecule is CC(NC(=O)C(N)CS)C(=O)NC(CCC(=O)O)C(=O)NC(Cc1cnc[nH]1)C(=O)O. The third-order valence-corrected chi connectivity index (χ3v) is 4.55. The number of carboxylic acids is 2. The predicted octanol–water partition coefficient (Wildman–Crippen LogP) is -2.37. The van der Waals surface area contributed by atoms with Crippen molar-refractivity contribution in [1.82, 2.24) is 25.9 Å². The second-order valence-corrected chi connectivity index (χ2v) is 7.06. The lowest BCUT2D eigenvalue weighted by Crippen LogP contribution is -2.56. The van der Waals surface area contributed by atoms with Crippen molar-refractivity contribution in [2.45, 2.75) is 50.4 Å². The molecule has 14 heteroatoms. The molecule has 0 spiro atoms. The number of thiol groups is 1.